The van der Waals surface area contributed by atoms with Crippen molar-refractivity contribution in [1.82, 2.24) is 5.32 Å². The maximum Gasteiger partial charge on any atom is 0.182 e. The average Bonchev–Trinajstić information content (AvgIpc) is 2.39. The molecule has 0 saturated carbocycles. The molecule has 1 heterocycles. The highest BCUT2D eigenvalue weighted by atomic mass is 16.5. The summed E-state index contributed by atoms with van der Waals surface area (Å²) in [6.45, 7) is 3.76. The zero-order valence-electron chi connectivity index (χ0n) is 10.2. The molecule has 92 valence electrons. The summed E-state index contributed by atoms with van der Waals surface area (Å²) in [7, 11) is 1.62. The number of ketones is 1. The fraction of sp³-hybridized carbons (Fsp3) is 0.462. The van der Waals surface area contributed by atoms with Gasteiger partial charge in [0.25, 0.3) is 0 Å². The Bertz CT molecular complexity index is 411. The predicted molar refractivity (Wildman–Crippen MR) is 64.7 cm³/mol. The van der Waals surface area contributed by atoms with E-state index in [4.69, 9.17) is 9.47 Å². The van der Waals surface area contributed by atoms with E-state index in [1.807, 2.05) is 25.1 Å². The molecule has 1 unspecified atom stereocenters. The van der Waals surface area contributed by atoms with Crippen molar-refractivity contribution in [2.24, 2.45) is 0 Å². The molecule has 0 radical (unpaired) electrons. The predicted octanol–water partition coefficient (Wildman–Crippen LogP) is 1.17. The second kappa shape index (κ2) is 5.29. The first-order valence-corrected chi connectivity index (χ1v) is 5.72. The van der Waals surface area contributed by atoms with Crippen molar-refractivity contribution in [1.29, 1.82) is 0 Å². The van der Waals surface area contributed by atoms with E-state index in [1.165, 1.54) is 0 Å². The molecule has 0 amide bonds. The maximum absolute atomic E-state index is 12.2. The van der Waals surface area contributed by atoms with Gasteiger partial charge in [0.2, 0.25) is 0 Å². The Hall–Kier alpha value is -1.39. The van der Waals surface area contributed by atoms with Crippen molar-refractivity contribution in [3.05, 3.63) is 29.3 Å². The number of hydrogen-bond donors (Lipinski definition) is 1. The monoisotopic (exact) mass is 235 g/mol. The molecule has 1 aromatic rings. The summed E-state index contributed by atoms with van der Waals surface area (Å²) in [5.74, 6) is 0.858. The van der Waals surface area contributed by atoms with E-state index in [1.54, 1.807) is 7.11 Å². The standard InChI is InChI=1S/C13H17NO3/c1-9-7-10(16-2)3-4-11(9)13(15)12-8-17-6-5-14-12/h3-4,7,12,14H,5-6,8H2,1-2H3. The van der Waals surface area contributed by atoms with Gasteiger partial charge in [-0.3, -0.25) is 4.79 Å². The molecule has 17 heavy (non-hydrogen) atoms. The van der Waals surface area contributed by atoms with Crippen LogP contribution in [0, 0.1) is 6.92 Å². The van der Waals surface area contributed by atoms with E-state index >= 15 is 0 Å². The molecule has 4 heteroatoms. The smallest absolute Gasteiger partial charge is 0.182 e. The zero-order valence-corrected chi connectivity index (χ0v) is 10.2. The number of hydrogen-bond acceptors (Lipinski definition) is 4. The fourth-order valence-corrected chi connectivity index (χ4v) is 1.96. The van der Waals surface area contributed by atoms with Gasteiger partial charge in [0.05, 0.1) is 26.4 Å². The molecule has 1 atom stereocenters. The number of ether oxygens (including phenoxy) is 2. The first kappa shape index (κ1) is 12.1. The minimum absolute atomic E-state index is 0.0878. The van der Waals surface area contributed by atoms with Gasteiger partial charge < -0.3 is 14.8 Å². The highest BCUT2D eigenvalue weighted by Gasteiger charge is 2.23. The van der Waals surface area contributed by atoms with Crippen molar-refractivity contribution in [2.75, 3.05) is 26.9 Å². The number of benzene rings is 1. The number of aryl methyl sites for hydroxylation is 1. The van der Waals surface area contributed by atoms with Crippen LogP contribution >= 0.6 is 0 Å². The summed E-state index contributed by atoms with van der Waals surface area (Å²) in [6.07, 6.45) is 0. The molecule has 1 aliphatic heterocycles. The summed E-state index contributed by atoms with van der Waals surface area (Å²) < 4.78 is 10.4. The second-order valence-electron chi connectivity index (χ2n) is 4.13. The number of methoxy groups -OCH3 is 1. The number of rotatable bonds is 3. The summed E-state index contributed by atoms with van der Waals surface area (Å²) in [5.41, 5.74) is 1.66. The largest absolute Gasteiger partial charge is 0.497 e. The summed E-state index contributed by atoms with van der Waals surface area (Å²) >= 11 is 0. The molecule has 2 rings (SSSR count). The number of morpholine rings is 1. The Kier molecular flexibility index (Phi) is 3.76. The highest BCUT2D eigenvalue weighted by molar-refractivity contribution is 6.01. The highest BCUT2D eigenvalue weighted by Crippen LogP contribution is 2.18. The molecule has 0 aliphatic carbocycles. The molecule has 1 N–H and O–H groups in total. The van der Waals surface area contributed by atoms with Gasteiger partial charge in [-0.1, -0.05) is 0 Å². The van der Waals surface area contributed by atoms with Crippen LogP contribution in [0.4, 0.5) is 0 Å². The molecule has 1 fully saturated rings. The van der Waals surface area contributed by atoms with Gasteiger partial charge in [0, 0.05) is 12.1 Å². The molecule has 0 aromatic heterocycles. The number of nitrogens with one attached hydrogen (secondary N) is 1. The number of carbonyl (C=O) groups is 1. The third-order valence-electron chi connectivity index (χ3n) is 2.94. The lowest BCUT2D eigenvalue weighted by atomic mass is 9.99. The Labute approximate surface area is 101 Å². The van der Waals surface area contributed by atoms with E-state index in [-0.39, 0.29) is 11.8 Å². The van der Waals surface area contributed by atoms with Crippen molar-refractivity contribution in [2.45, 2.75) is 13.0 Å². The van der Waals surface area contributed by atoms with Crippen LogP contribution in [0.15, 0.2) is 18.2 Å². The molecule has 4 nitrogen and oxygen atoms in total. The number of carbonyl (C=O) groups excluding carboxylic acids is 1. The van der Waals surface area contributed by atoms with Crippen LogP contribution < -0.4 is 10.1 Å². The van der Waals surface area contributed by atoms with Crippen LogP contribution in [-0.2, 0) is 4.74 Å². The zero-order chi connectivity index (χ0) is 12.3. The van der Waals surface area contributed by atoms with Gasteiger partial charge >= 0.3 is 0 Å². The average molecular weight is 235 g/mol. The third-order valence-corrected chi connectivity index (χ3v) is 2.94. The first-order valence-electron chi connectivity index (χ1n) is 5.72. The third kappa shape index (κ3) is 2.65. The fourth-order valence-electron chi connectivity index (χ4n) is 1.96. The lowest BCUT2D eigenvalue weighted by Gasteiger charge is -2.23. The molecule has 0 spiro atoms. The number of Topliss-reactive ketones (excluding diaryl/α,β-unsaturated/α-hetero) is 1. The minimum Gasteiger partial charge on any atom is -0.497 e. The molecule has 1 aliphatic rings. The van der Waals surface area contributed by atoms with E-state index in [2.05, 4.69) is 5.32 Å². The van der Waals surface area contributed by atoms with Crippen molar-refractivity contribution < 1.29 is 14.3 Å². The maximum atomic E-state index is 12.2. The molecule has 1 aromatic carbocycles. The van der Waals surface area contributed by atoms with Crippen LogP contribution in [0.3, 0.4) is 0 Å². The van der Waals surface area contributed by atoms with Crippen LogP contribution in [0.2, 0.25) is 0 Å². The minimum atomic E-state index is -0.226. The Morgan fingerprint density at radius 2 is 2.35 bits per heavy atom. The van der Waals surface area contributed by atoms with Gasteiger partial charge in [-0.15, -0.1) is 0 Å². The lowest BCUT2D eigenvalue weighted by molar-refractivity contribution is 0.0607. The molecular formula is C13H17NO3. The van der Waals surface area contributed by atoms with Crippen molar-refractivity contribution in [3.8, 4) is 5.75 Å². The van der Waals surface area contributed by atoms with E-state index in [0.29, 0.717) is 13.2 Å². The van der Waals surface area contributed by atoms with Gasteiger partial charge in [-0.25, -0.2) is 0 Å². The first-order chi connectivity index (χ1) is 8.22. The van der Waals surface area contributed by atoms with Crippen molar-refractivity contribution >= 4 is 5.78 Å². The van der Waals surface area contributed by atoms with Gasteiger partial charge in [0.1, 0.15) is 5.75 Å². The van der Waals surface area contributed by atoms with Gasteiger partial charge in [-0.05, 0) is 30.7 Å². The molecular weight excluding hydrogens is 218 g/mol. The second-order valence-corrected chi connectivity index (χ2v) is 4.13. The van der Waals surface area contributed by atoms with Crippen LogP contribution in [0.5, 0.6) is 5.75 Å². The quantitative estimate of drug-likeness (QED) is 0.799. The van der Waals surface area contributed by atoms with E-state index < -0.39 is 0 Å². The Morgan fingerprint density at radius 1 is 1.53 bits per heavy atom. The summed E-state index contributed by atoms with van der Waals surface area (Å²) in [4.78, 5) is 12.2. The van der Waals surface area contributed by atoms with Crippen LogP contribution in [-0.4, -0.2) is 38.7 Å². The molecule has 1 saturated heterocycles. The Morgan fingerprint density at radius 3 is 2.94 bits per heavy atom. The van der Waals surface area contributed by atoms with Gasteiger partial charge in [-0.2, -0.15) is 0 Å². The van der Waals surface area contributed by atoms with Gasteiger partial charge in [0.15, 0.2) is 5.78 Å². The summed E-state index contributed by atoms with van der Waals surface area (Å²) in [5, 5.41) is 3.17. The van der Waals surface area contributed by atoms with Crippen molar-refractivity contribution in [3.63, 3.8) is 0 Å². The van der Waals surface area contributed by atoms with E-state index in [9.17, 15) is 4.79 Å². The SMILES string of the molecule is COc1ccc(C(=O)C2COCCN2)c(C)c1. The van der Waals surface area contributed by atoms with Crippen LogP contribution in [0.25, 0.3) is 0 Å². The normalized spacial score (nSPS) is 20.0. The summed E-state index contributed by atoms with van der Waals surface area (Å²) in [6, 6.07) is 5.27. The van der Waals surface area contributed by atoms with E-state index in [0.717, 1.165) is 23.4 Å². The van der Waals surface area contributed by atoms with Crippen LogP contribution in [0.1, 0.15) is 15.9 Å². The molecule has 0 bridgehead atoms. The topological polar surface area (TPSA) is 47.6 Å². The Balaban J connectivity index is 2.18. The lowest BCUT2D eigenvalue weighted by Crippen LogP contribution is -2.46.